The van der Waals surface area contributed by atoms with Gasteiger partial charge in [-0.1, -0.05) is 241 Å². The van der Waals surface area contributed by atoms with E-state index in [1.807, 2.05) is 73.4 Å². The third kappa shape index (κ3) is 63.3. The molecular weight excluding hydrogens is 1410 g/mol. The summed E-state index contributed by atoms with van der Waals surface area (Å²) in [5.74, 6) is -0.108. The van der Waals surface area contributed by atoms with E-state index in [0.717, 1.165) is 50.5 Å². The van der Waals surface area contributed by atoms with Gasteiger partial charge in [0.1, 0.15) is 5.78 Å². The Bertz CT molecular complexity index is 2690. The van der Waals surface area contributed by atoms with Gasteiger partial charge in [0.2, 0.25) is 17.7 Å². The molecule has 0 saturated carbocycles. The van der Waals surface area contributed by atoms with Crippen LogP contribution in [0.5, 0.6) is 0 Å². The van der Waals surface area contributed by atoms with Gasteiger partial charge in [-0.05, 0) is 105 Å². The van der Waals surface area contributed by atoms with Crippen LogP contribution in [0.4, 0.5) is 0 Å². The lowest BCUT2D eigenvalue weighted by Gasteiger charge is -2.37. The molecule has 0 radical (unpaired) electrons. The summed E-state index contributed by atoms with van der Waals surface area (Å²) in [6, 6.07) is 0. The Morgan fingerprint density at radius 3 is 1.19 bits per heavy atom. The maximum atomic E-state index is 11.9. The van der Waals surface area contributed by atoms with Gasteiger partial charge in [0.15, 0.2) is 10.1 Å². The molecule has 21 nitrogen and oxygen atoms in total. The molecule has 6 N–H and O–H groups in total. The van der Waals surface area contributed by atoms with E-state index >= 15 is 0 Å². The van der Waals surface area contributed by atoms with Crippen LogP contribution in [0.15, 0.2) is 36.3 Å². The SMILES string of the molecule is CC(C)(CC(=O)O)CC(=O)O.CC(C)CCC(=O)CC(C)(C)CC(=O)O.CC(C)CN.CC(C)CN1C(=O)CC(C)(C)CC1=O.CC(C)CN1C=CC(C)(C)CC1.CC(C)CN1C=CC(C)(C)CC1=O.CC1(C)CC(=O)OC(=O)C1.CCC(=O)C1=CN(CC(C)C)CCC1(C)C.CCC(=O)O.ClC(Cl)Cl. The number of likely N-dealkylation sites (tertiary alicyclic amines) is 1. The molecule has 105 heavy (non-hydrogen) atoms. The van der Waals surface area contributed by atoms with E-state index in [0.29, 0.717) is 98.7 Å². The fourth-order valence-electron chi connectivity index (χ4n) is 10.5. The van der Waals surface area contributed by atoms with Gasteiger partial charge in [0.05, 0.1) is 32.1 Å². The topological polar surface area (TPSA) is 317 Å². The Labute approximate surface area is 649 Å². The lowest BCUT2D eigenvalue weighted by Crippen LogP contribution is -2.47. The van der Waals surface area contributed by atoms with E-state index in [-0.39, 0.29) is 70.8 Å². The van der Waals surface area contributed by atoms with Crippen LogP contribution in [0.25, 0.3) is 0 Å². The van der Waals surface area contributed by atoms with Crippen molar-refractivity contribution in [3.63, 3.8) is 0 Å². The Hall–Kier alpha value is -5.38. The smallest absolute Gasteiger partial charge is 0.313 e. The molecule has 0 aromatic carbocycles. The largest absolute Gasteiger partial charge is 0.481 e. The van der Waals surface area contributed by atoms with Crippen LogP contribution < -0.4 is 5.73 Å². The predicted molar refractivity (Wildman–Crippen MR) is 426 cm³/mol. The number of allylic oxidation sites excluding steroid dienone is 3. The van der Waals surface area contributed by atoms with Crippen LogP contribution in [0.3, 0.4) is 0 Å². The van der Waals surface area contributed by atoms with E-state index in [2.05, 4.69) is 150 Å². The average Bonchev–Trinajstić information content (AvgIpc) is 0.810. The highest BCUT2D eigenvalue weighted by Crippen LogP contribution is 2.37. The van der Waals surface area contributed by atoms with Crippen molar-refractivity contribution in [2.45, 2.75) is 294 Å². The zero-order valence-electron chi connectivity index (χ0n) is 70.2. The molecule has 0 atom stereocenters. The zero-order valence-corrected chi connectivity index (χ0v) is 72.4. The van der Waals surface area contributed by atoms with Gasteiger partial charge in [-0.15, -0.1) is 0 Å². The number of alkyl halides is 3. The minimum Gasteiger partial charge on any atom is -0.481 e. The third-order valence-corrected chi connectivity index (χ3v) is 16.1. The van der Waals surface area contributed by atoms with Crippen molar-refractivity contribution in [1.82, 2.24) is 19.6 Å². The van der Waals surface area contributed by atoms with E-state index in [1.165, 1.54) is 24.4 Å². The lowest BCUT2D eigenvalue weighted by atomic mass is 9.77. The second-order valence-corrected chi connectivity index (χ2v) is 37.7. The minimum absolute atomic E-state index is 0.0139. The fourth-order valence-corrected chi connectivity index (χ4v) is 10.5. The molecule has 3 amide bonds. The predicted octanol–water partition coefficient (Wildman–Crippen LogP) is 18.1. The summed E-state index contributed by atoms with van der Waals surface area (Å²) in [5.41, 5.74) is 5.29. The van der Waals surface area contributed by atoms with Crippen LogP contribution >= 0.6 is 34.8 Å². The van der Waals surface area contributed by atoms with Crippen molar-refractivity contribution in [1.29, 1.82) is 0 Å². The number of amides is 3. The molecule has 2 saturated heterocycles. The van der Waals surface area contributed by atoms with Crippen LogP contribution in [-0.4, -0.2) is 155 Å². The number of halogens is 3. The number of carboxylic acid groups (broad SMARTS) is 4. The number of Topliss-reactive ketones (excluding diaryl/α,β-unsaturated/α-hetero) is 2. The molecule has 5 aliphatic rings. The number of imide groups is 1. The average molecular weight is 1550 g/mol. The molecule has 0 unspecified atom stereocenters. The summed E-state index contributed by atoms with van der Waals surface area (Å²) in [7, 11) is 0. The Morgan fingerprint density at radius 2 is 0.867 bits per heavy atom. The third-order valence-electron chi connectivity index (χ3n) is 16.1. The normalized spacial score (nSPS) is 17.4. The quantitative estimate of drug-likeness (QED) is 0.0275. The number of esters is 2. The minimum atomic E-state index is -0.962. The molecule has 5 rings (SSSR count). The summed E-state index contributed by atoms with van der Waals surface area (Å²) >= 11 is 14.4. The standard InChI is InChI=1S/C14H25NO.C12H22O3.C11H19NO2.C11H19NO.C11H21N.C7H12O4.C7H10O3.C4H11N.C3H6O2.CHCl3/c1-6-13(16)12-10-15(9-11(2)3)8-7-14(12,4)5;1-9(2)5-6-10(13)7-12(3,4)8-11(14)15;1-8(2)7-12-9(13)5-11(3,4)6-10(12)14;1-9(2)8-12-6-5-11(3,4)7-10(12)13;1-10(2)9-12-7-5-11(3,4)6-8-12;1-7(2,3-5(8)9)4-6(10)11;1-7(2)3-5(8)10-6(9)4-7;1-4(2)3-5;1-2-3(4)5;2-1(3)4/h10-11H,6-9H2,1-5H3;9H,5-8H2,1-4H3,(H,14,15);8H,5-7H2,1-4H3;5-6,9H,7-8H2,1-4H3;5,7,10H,6,8-9H2,1-4H3;3-4H2,1-2H3,(H,8,9)(H,10,11);3-4H2,1-2H3;4H,3,5H2,1-2H3;2H2,1H3,(H,4,5);1H. The molecule has 5 heterocycles. The first-order valence-corrected chi connectivity index (χ1v) is 38.7. The molecule has 5 aliphatic heterocycles. The number of cyclic esters (lactones) is 2. The maximum Gasteiger partial charge on any atom is 0.313 e. The molecule has 24 heteroatoms. The zero-order chi connectivity index (χ0) is 83.6. The molecule has 2 fully saturated rings. The number of nitrogens with zero attached hydrogens (tertiary/aromatic N) is 4. The van der Waals surface area contributed by atoms with Crippen LogP contribution in [0, 0.1) is 73.4 Å². The number of ketones is 2. The Kier molecular flexibility index (Phi) is 54.3. The number of carboxylic acids is 4. The lowest BCUT2D eigenvalue weighted by molar-refractivity contribution is -0.168. The number of hydrogen-bond acceptors (Lipinski definition) is 15. The summed E-state index contributed by atoms with van der Waals surface area (Å²) in [5, 5.41) is 33.1. The first kappa shape index (κ1) is 108. The highest BCUT2D eigenvalue weighted by molar-refractivity contribution is 6.63. The van der Waals surface area contributed by atoms with Crippen LogP contribution in [0.1, 0.15) is 290 Å². The first-order chi connectivity index (χ1) is 47.4. The fraction of sp³-hybridized carbons (Fsp3) is 0.790. The van der Waals surface area contributed by atoms with Gasteiger partial charge in [-0.3, -0.25) is 57.6 Å². The van der Waals surface area contributed by atoms with E-state index < -0.39 is 50.9 Å². The summed E-state index contributed by atoms with van der Waals surface area (Å²) < 4.78 is 3.59. The summed E-state index contributed by atoms with van der Waals surface area (Å²) in [4.78, 5) is 128. The van der Waals surface area contributed by atoms with Crippen LogP contribution in [0.2, 0.25) is 0 Å². The van der Waals surface area contributed by atoms with E-state index in [4.69, 9.17) is 61.0 Å². The maximum absolute atomic E-state index is 11.9. The second-order valence-electron chi connectivity index (χ2n) is 35.7. The number of carbonyl (C=O) groups excluding carboxylic acids is 7. The van der Waals surface area contributed by atoms with Gasteiger partial charge in [0, 0.05) is 102 Å². The van der Waals surface area contributed by atoms with Crippen molar-refractivity contribution in [2.24, 2.45) is 79.1 Å². The number of carbonyl (C=O) groups is 11. The summed E-state index contributed by atoms with van der Waals surface area (Å²) in [6.45, 7) is 63.7. The molecule has 0 aromatic rings. The number of hydrogen-bond donors (Lipinski definition) is 5. The number of nitrogens with two attached hydrogens (primary N) is 1. The van der Waals surface area contributed by atoms with Crippen molar-refractivity contribution in [3.05, 3.63) is 36.3 Å². The number of ether oxygens (including phenoxy) is 1. The number of rotatable bonds is 23. The first-order valence-electron chi connectivity index (χ1n) is 37.4. The van der Waals surface area contributed by atoms with Crippen molar-refractivity contribution >= 4 is 99.9 Å². The van der Waals surface area contributed by atoms with Gasteiger partial charge in [0.25, 0.3) is 0 Å². The van der Waals surface area contributed by atoms with Gasteiger partial charge < -0.3 is 45.6 Å². The highest BCUT2D eigenvalue weighted by atomic mass is 35.6. The number of aliphatic carboxylic acids is 4. The highest BCUT2D eigenvalue weighted by Gasteiger charge is 2.38. The van der Waals surface area contributed by atoms with Crippen molar-refractivity contribution in [3.8, 4) is 0 Å². The Morgan fingerprint density at radius 1 is 0.495 bits per heavy atom. The monoisotopic (exact) mass is 1550 g/mol. The molecule has 0 spiro atoms. The van der Waals surface area contributed by atoms with E-state index in [1.54, 1.807) is 20.8 Å². The van der Waals surface area contributed by atoms with Crippen molar-refractivity contribution in [2.75, 3.05) is 45.8 Å². The van der Waals surface area contributed by atoms with Gasteiger partial charge in [-0.2, -0.15) is 0 Å². The summed E-state index contributed by atoms with van der Waals surface area (Å²) in [6.07, 6.45) is 17.9. The van der Waals surface area contributed by atoms with Gasteiger partial charge in [-0.25, -0.2) is 0 Å². The molecule has 0 bridgehead atoms. The van der Waals surface area contributed by atoms with E-state index in [9.17, 15) is 52.7 Å². The second kappa shape index (κ2) is 52.6. The molecule has 612 valence electrons. The molecule has 0 aliphatic carbocycles. The van der Waals surface area contributed by atoms with Crippen LogP contribution in [-0.2, 0) is 57.5 Å². The van der Waals surface area contributed by atoms with Gasteiger partial charge >= 0.3 is 35.8 Å². The Balaban J connectivity index is -0.000000360. The number of piperidine rings is 1. The molecule has 0 aromatic heterocycles. The molecular formula is C81H146Cl3N5O16. The van der Waals surface area contributed by atoms with Crippen molar-refractivity contribution < 1.29 is 77.9 Å².